The van der Waals surface area contributed by atoms with Gasteiger partial charge in [0.25, 0.3) is 0 Å². The van der Waals surface area contributed by atoms with Crippen LogP contribution in [0, 0.1) is 61.0 Å². The van der Waals surface area contributed by atoms with Gasteiger partial charge in [0.05, 0.1) is 87.0 Å². The highest BCUT2D eigenvalue weighted by Crippen LogP contribution is 2.45. The van der Waals surface area contributed by atoms with Gasteiger partial charge in [-0.2, -0.15) is 15.8 Å². The molecule has 342 valence electrons. The van der Waals surface area contributed by atoms with Crippen molar-refractivity contribution in [2.24, 2.45) is 0 Å². The first-order chi connectivity index (χ1) is 36.2. The van der Waals surface area contributed by atoms with Gasteiger partial charge in [-0.1, -0.05) is 109 Å². The molecule has 3 aromatic heterocycles. The highest BCUT2D eigenvalue weighted by molar-refractivity contribution is 6.14. The van der Waals surface area contributed by atoms with Gasteiger partial charge in [0.15, 0.2) is 17.2 Å². The van der Waals surface area contributed by atoms with Crippen molar-refractivity contribution < 1.29 is 0 Å². The zero-order chi connectivity index (χ0) is 50.6. The van der Waals surface area contributed by atoms with Gasteiger partial charge in [-0.3, -0.25) is 0 Å². The maximum absolute atomic E-state index is 11.2. The lowest BCUT2D eigenvalue weighted by Crippen LogP contribution is -2.08. The predicted octanol–water partition coefficient (Wildman–Crippen LogP) is 15.7. The number of nitriles is 3. The first-order valence-electron chi connectivity index (χ1n) is 23.6. The lowest BCUT2D eigenvalue weighted by atomic mass is 10.0. The Kier molecular flexibility index (Phi) is 10.6. The van der Waals surface area contributed by atoms with E-state index in [1.165, 1.54) is 0 Å². The maximum atomic E-state index is 11.2. The van der Waals surface area contributed by atoms with Gasteiger partial charge in [0, 0.05) is 21.5 Å². The highest BCUT2D eigenvalue weighted by atomic mass is 15.1. The molecule has 0 bridgehead atoms. The molecular formula is C64H36N10. The first-order valence-corrected chi connectivity index (χ1v) is 23.6. The van der Waals surface area contributed by atoms with Crippen molar-refractivity contribution in [1.29, 1.82) is 15.8 Å². The minimum atomic E-state index is 0.379. The summed E-state index contributed by atoms with van der Waals surface area (Å²) in [5.41, 5.74) is 14.8. The second-order valence-corrected chi connectivity index (χ2v) is 18.1. The van der Waals surface area contributed by atoms with Crippen LogP contribution in [0.3, 0.4) is 0 Å². The van der Waals surface area contributed by atoms with Crippen molar-refractivity contribution in [2.75, 3.05) is 0 Å². The van der Waals surface area contributed by atoms with Crippen LogP contribution in [0.1, 0.15) is 28.3 Å². The van der Waals surface area contributed by atoms with Gasteiger partial charge < -0.3 is 9.13 Å². The molecule has 10 nitrogen and oxygen atoms in total. The summed E-state index contributed by atoms with van der Waals surface area (Å²) in [6, 6.07) is 66.4. The second kappa shape index (κ2) is 17.8. The average molecular weight is 945 g/mol. The van der Waals surface area contributed by atoms with E-state index < -0.39 is 0 Å². The number of aryl methyl sites for hydroxylation is 2. The van der Waals surface area contributed by atoms with Gasteiger partial charge in [0.1, 0.15) is 11.6 Å². The van der Waals surface area contributed by atoms with Crippen LogP contribution in [0.15, 0.2) is 182 Å². The van der Waals surface area contributed by atoms with Crippen LogP contribution in [-0.2, 0) is 0 Å². The Morgan fingerprint density at radius 1 is 0.378 bits per heavy atom. The molecule has 0 aliphatic heterocycles. The molecule has 3 heterocycles. The van der Waals surface area contributed by atoms with E-state index in [1.54, 1.807) is 24.3 Å². The van der Waals surface area contributed by atoms with Crippen LogP contribution in [0.5, 0.6) is 0 Å². The van der Waals surface area contributed by atoms with Crippen molar-refractivity contribution in [2.45, 2.75) is 13.8 Å². The molecule has 9 aromatic carbocycles. The Morgan fingerprint density at radius 3 is 1.07 bits per heavy atom. The molecule has 0 N–H and O–H groups in total. The zero-order valence-electron chi connectivity index (χ0n) is 39.8. The summed E-state index contributed by atoms with van der Waals surface area (Å²) in [6.07, 6.45) is 0. The van der Waals surface area contributed by atoms with E-state index in [2.05, 4.69) is 115 Å². The van der Waals surface area contributed by atoms with Crippen LogP contribution in [-0.4, -0.2) is 24.1 Å². The summed E-state index contributed by atoms with van der Waals surface area (Å²) in [6.45, 7) is 19.3. The summed E-state index contributed by atoms with van der Waals surface area (Å²) in [4.78, 5) is 22.3. The first kappa shape index (κ1) is 44.3. The van der Waals surface area contributed by atoms with E-state index in [-0.39, 0.29) is 0 Å². The van der Waals surface area contributed by atoms with E-state index >= 15 is 0 Å². The number of benzene rings is 9. The number of hydrogen-bond acceptors (Lipinski definition) is 6. The number of aromatic nitrogens is 5. The van der Waals surface area contributed by atoms with Crippen molar-refractivity contribution in [3.63, 3.8) is 0 Å². The Labute approximate surface area is 425 Å². The Morgan fingerprint density at radius 2 is 0.716 bits per heavy atom. The monoisotopic (exact) mass is 944 g/mol. The highest BCUT2D eigenvalue weighted by Gasteiger charge is 2.26. The number of hydrogen-bond donors (Lipinski definition) is 0. The van der Waals surface area contributed by atoms with Crippen molar-refractivity contribution in [1.82, 2.24) is 24.1 Å². The maximum Gasteiger partial charge on any atom is 0.187 e. The summed E-state index contributed by atoms with van der Waals surface area (Å²) in [5.74, 6) is 1.43. The quantitative estimate of drug-likeness (QED) is 0.146. The fourth-order valence-corrected chi connectivity index (χ4v) is 10.3. The van der Waals surface area contributed by atoms with Gasteiger partial charge in [-0.25, -0.2) is 24.6 Å². The van der Waals surface area contributed by atoms with Crippen LogP contribution in [0.25, 0.3) is 121 Å². The molecule has 0 amide bonds. The van der Waals surface area contributed by atoms with E-state index in [1.807, 2.05) is 98.8 Å². The summed E-state index contributed by atoms with van der Waals surface area (Å²) in [7, 11) is 0. The normalized spacial score (nSPS) is 11.0. The topological polar surface area (TPSA) is 129 Å². The smallest absolute Gasteiger partial charge is 0.187 e. The number of fused-ring (bicyclic) bond motifs is 6. The van der Waals surface area contributed by atoms with Crippen LogP contribution in [0.4, 0.5) is 11.4 Å². The zero-order valence-corrected chi connectivity index (χ0v) is 39.8. The second-order valence-electron chi connectivity index (χ2n) is 18.1. The Bertz CT molecular complexity index is 4090. The third kappa shape index (κ3) is 7.52. The van der Waals surface area contributed by atoms with E-state index in [9.17, 15) is 15.8 Å². The standard InChI is InChI=1S/C64H36N10/c1-38-70-39(2)72-64(71-38)63-61(73-57-31-47(43-11-5-9-40(25-43)35-65)17-21-53(57)55-23-19-49(33-59(55)73)45-13-7-15-51(29-45)68-3)27-42(37-67)28-62(63)74-58-32-48(44-12-6-10-41(26-44)36-66)18-22-54(58)56-24-20-50(34-60(56)74)46-14-8-16-52(30-46)69-4/h5-34H,1-2H3. The van der Waals surface area contributed by atoms with Crippen molar-refractivity contribution in [3.8, 4) is 85.5 Å². The molecule has 0 aliphatic rings. The third-order valence-electron chi connectivity index (χ3n) is 13.6. The van der Waals surface area contributed by atoms with E-state index in [0.29, 0.717) is 62.5 Å². The minimum absolute atomic E-state index is 0.379. The number of nitrogens with zero attached hydrogens (tertiary/aromatic N) is 10. The van der Waals surface area contributed by atoms with Gasteiger partial charge in [-0.15, -0.1) is 0 Å². The van der Waals surface area contributed by atoms with Gasteiger partial charge in [0.2, 0.25) is 0 Å². The summed E-state index contributed by atoms with van der Waals surface area (Å²) >= 11 is 0. The number of rotatable bonds is 7. The lowest BCUT2D eigenvalue weighted by Gasteiger charge is -2.20. The molecule has 0 saturated carbocycles. The van der Waals surface area contributed by atoms with Crippen LogP contribution < -0.4 is 0 Å². The molecule has 10 heteroatoms. The van der Waals surface area contributed by atoms with E-state index in [0.717, 1.165) is 88.1 Å². The Hall–Kier alpha value is -11.0. The average Bonchev–Trinajstić information content (AvgIpc) is 3.95. The lowest BCUT2D eigenvalue weighted by molar-refractivity contribution is 0.924. The van der Waals surface area contributed by atoms with Crippen molar-refractivity contribution in [3.05, 3.63) is 233 Å². The van der Waals surface area contributed by atoms with Gasteiger partial charge in [-0.05, 0) is 131 Å². The molecule has 0 aliphatic carbocycles. The molecule has 0 radical (unpaired) electrons. The molecule has 0 saturated heterocycles. The third-order valence-corrected chi connectivity index (χ3v) is 13.6. The molecule has 0 spiro atoms. The fraction of sp³-hybridized carbons (Fsp3) is 0.0312. The van der Waals surface area contributed by atoms with E-state index in [4.69, 9.17) is 23.1 Å². The molecule has 0 unspecified atom stereocenters. The van der Waals surface area contributed by atoms with Gasteiger partial charge >= 0.3 is 0 Å². The van der Waals surface area contributed by atoms with Crippen LogP contribution in [0.2, 0.25) is 0 Å². The molecule has 0 atom stereocenters. The van der Waals surface area contributed by atoms with Crippen molar-refractivity contribution >= 4 is 55.0 Å². The SMILES string of the molecule is [C-]#[N+]c1cccc(-c2ccc3c4ccc(-c5cccc(C#N)c5)cc4n(-c4cc(C#N)cc(-n5c6cc(-c7cccc(C#N)c7)ccc6c6ccc(-c7cccc([N+]#[C-])c7)cc65)c4-c4nc(C)nc(C)n4)c3c2)c1. The minimum Gasteiger partial charge on any atom is -0.308 e. The van der Waals surface area contributed by atoms with Crippen LogP contribution >= 0.6 is 0 Å². The summed E-state index contributed by atoms with van der Waals surface area (Å²) < 4.78 is 4.37. The molecule has 12 rings (SSSR count). The predicted molar refractivity (Wildman–Crippen MR) is 292 cm³/mol. The summed E-state index contributed by atoms with van der Waals surface area (Å²) in [5, 5.41) is 34.9. The molecular weight excluding hydrogens is 909 g/mol. The molecule has 12 aromatic rings. The molecule has 74 heavy (non-hydrogen) atoms. The fourth-order valence-electron chi connectivity index (χ4n) is 10.3. The largest absolute Gasteiger partial charge is 0.308 e. The Balaban J connectivity index is 1.25. The molecule has 0 fully saturated rings.